The van der Waals surface area contributed by atoms with Gasteiger partial charge in [0.05, 0.1) is 40.3 Å². The summed E-state index contributed by atoms with van der Waals surface area (Å²) in [5.74, 6) is -2.28. The zero-order chi connectivity index (χ0) is 60.5. The maximum Gasteiger partial charge on any atom is 0.306 e. The van der Waals surface area contributed by atoms with Gasteiger partial charge in [-0.3, -0.25) is 9.59 Å². The number of nitrogens with zero attached hydrogens (tertiary/aromatic N) is 1. The largest absolute Gasteiger partial charge is 0.545 e. The molecule has 0 amide bonds. The van der Waals surface area contributed by atoms with Gasteiger partial charge in [0.25, 0.3) is 0 Å². The van der Waals surface area contributed by atoms with Crippen LogP contribution in [-0.2, 0) is 33.3 Å². The molecule has 2 unspecified atom stereocenters. The lowest BCUT2D eigenvalue weighted by Crippen LogP contribution is -2.44. The standard InChI is InChI=1S/C74H127NO8/c1-6-8-10-12-14-16-18-20-22-24-25-26-27-28-29-30-31-32-33-34-35-36-37-38-39-40-41-42-43-44-45-46-47-49-51-53-55-57-59-61-63-65-72(77)83-70(69-82-74(73(78)79)80-67-66-75(3,4)5)68-81-71(76)64-62-60-58-56-54-52-50-48-23-21-19-17-15-13-11-9-7-2/h8,10,14,16,20,22,25-26,28-29,31-32,34-35,37-38,40-41,70,74H,6-7,9,11-13,15,17-19,21,23-24,27,30,33,36,39,42-69H2,1-5H3/b10-8-,16-14-,22-20-,26-25-,29-28-,32-31-,35-34-,38-37-,41-40-. The first-order valence-corrected chi connectivity index (χ1v) is 34.0. The van der Waals surface area contributed by atoms with E-state index < -0.39 is 24.3 Å². The molecule has 0 aromatic rings. The lowest BCUT2D eigenvalue weighted by Gasteiger charge is -2.26. The molecule has 476 valence electrons. The fraction of sp³-hybridized carbons (Fsp3) is 0.716. The average Bonchev–Trinajstić information content (AvgIpc) is 3.46. The second kappa shape index (κ2) is 64.0. The van der Waals surface area contributed by atoms with Crippen LogP contribution in [0.1, 0.15) is 284 Å². The molecule has 0 N–H and O–H groups in total. The Hall–Kier alpha value is -4.05. The molecule has 0 aromatic carbocycles. The first kappa shape index (κ1) is 79.0. The van der Waals surface area contributed by atoms with Crippen LogP contribution in [0.2, 0.25) is 0 Å². The third-order valence-corrected chi connectivity index (χ3v) is 14.5. The smallest absolute Gasteiger partial charge is 0.306 e. The molecule has 0 aromatic heterocycles. The zero-order valence-corrected chi connectivity index (χ0v) is 54.3. The molecule has 0 fully saturated rings. The molecule has 0 radical (unpaired) electrons. The van der Waals surface area contributed by atoms with Gasteiger partial charge >= 0.3 is 11.9 Å². The summed E-state index contributed by atoms with van der Waals surface area (Å²) in [6, 6.07) is 0. The molecule has 0 saturated carbocycles. The van der Waals surface area contributed by atoms with Crippen LogP contribution in [0.5, 0.6) is 0 Å². The normalized spacial score (nSPS) is 13.4. The number of carbonyl (C=O) groups is 3. The Balaban J connectivity index is 4.08. The average molecular weight is 1160 g/mol. The van der Waals surface area contributed by atoms with Crippen molar-refractivity contribution in [2.45, 2.75) is 296 Å². The van der Waals surface area contributed by atoms with Gasteiger partial charge in [0.1, 0.15) is 13.2 Å². The van der Waals surface area contributed by atoms with E-state index in [1.807, 2.05) is 21.1 Å². The lowest BCUT2D eigenvalue weighted by atomic mass is 10.0. The first-order chi connectivity index (χ1) is 40.6. The number of allylic oxidation sites excluding steroid dienone is 18. The Kier molecular flexibility index (Phi) is 60.8. The van der Waals surface area contributed by atoms with E-state index in [-0.39, 0.29) is 32.2 Å². The number of esters is 2. The van der Waals surface area contributed by atoms with Crippen molar-refractivity contribution in [1.82, 2.24) is 0 Å². The van der Waals surface area contributed by atoms with Crippen molar-refractivity contribution in [3.8, 4) is 0 Å². The van der Waals surface area contributed by atoms with Crippen LogP contribution in [0.3, 0.4) is 0 Å². The number of hydrogen-bond acceptors (Lipinski definition) is 8. The minimum Gasteiger partial charge on any atom is -0.545 e. The highest BCUT2D eigenvalue weighted by atomic mass is 16.7. The zero-order valence-electron chi connectivity index (χ0n) is 54.3. The van der Waals surface area contributed by atoms with Gasteiger partial charge in [-0.05, 0) is 83.5 Å². The highest BCUT2D eigenvalue weighted by Gasteiger charge is 2.22. The highest BCUT2D eigenvalue weighted by Crippen LogP contribution is 2.17. The minimum absolute atomic E-state index is 0.146. The molecular weight excluding hydrogens is 1030 g/mol. The summed E-state index contributed by atoms with van der Waals surface area (Å²) < 4.78 is 22.8. The van der Waals surface area contributed by atoms with Crippen molar-refractivity contribution in [3.63, 3.8) is 0 Å². The Morgan fingerprint density at radius 2 is 0.687 bits per heavy atom. The van der Waals surface area contributed by atoms with Crippen molar-refractivity contribution >= 4 is 17.9 Å². The van der Waals surface area contributed by atoms with Gasteiger partial charge in [0, 0.05) is 12.8 Å². The molecule has 9 heteroatoms. The van der Waals surface area contributed by atoms with Gasteiger partial charge in [0.15, 0.2) is 12.4 Å². The maximum atomic E-state index is 12.9. The number of unbranched alkanes of at least 4 members (excludes halogenated alkanes) is 29. The molecule has 0 saturated heterocycles. The van der Waals surface area contributed by atoms with Gasteiger partial charge in [-0.15, -0.1) is 0 Å². The quantitative estimate of drug-likeness (QED) is 0.0195. The Morgan fingerprint density at radius 3 is 1.02 bits per heavy atom. The predicted octanol–water partition coefficient (Wildman–Crippen LogP) is 19.7. The Labute approximate surface area is 511 Å². The van der Waals surface area contributed by atoms with Gasteiger partial charge in [0.2, 0.25) is 0 Å². The molecule has 83 heavy (non-hydrogen) atoms. The Bertz CT molecular complexity index is 1730. The summed E-state index contributed by atoms with van der Waals surface area (Å²) in [4.78, 5) is 37.4. The molecular formula is C74H127NO8. The summed E-state index contributed by atoms with van der Waals surface area (Å²) in [7, 11) is 5.93. The van der Waals surface area contributed by atoms with E-state index in [1.165, 1.54) is 154 Å². The topological polar surface area (TPSA) is 111 Å². The van der Waals surface area contributed by atoms with Crippen LogP contribution in [0.4, 0.5) is 0 Å². The number of aliphatic carboxylic acids is 1. The van der Waals surface area contributed by atoms with E-state index >= 15 is 0 Å². The summed E-state index contributed by atoms with van der Waals surface area (Å²) in [5.41, 5.74) is 0. The molecule has 0 bridgehead atoms. The summed E-state index contributed by atoms with van der Waals surface area (Å²) >= 11 is 0. The highest BCUT2D eigenvalue weighted by molar-refractivity contribution is 5.70. The van der Waals surface area contributed by atoms with Gasteiger partial charge < -0.3 is 33.3 Å². The SMILES string of the molecule is CC/C=C\C/C=C\C/C=C\C/C=C\C/C=C\C/C=C\C/C=C\C/C=C\C/C=C\CCCCCCCCCCCCCCCC(=O)OC(COC(=O)CCCCCCCCCCCCCCCCCCC)COC(OCC[N+](C)(C)C)C(=O)[O-]. The molecule has 2 atom stereocenters. The van der Waals surface area contributed by atoms with Crippen LogP contribution in [0.25, 0.3) is 0 Å². The van der Waals surface area contributed by atoms with Crippen LogP contribution < -0.4 is 5.11 Å². The molecule has 0 aliphatic carbocycles. The van der Waals surface area contributed by atoms with E-state index in [9.17, 15) is 19.5 Å². The number of carboxylic acids is 1. The van der Waals surface area contributed by atoms with Crippen LogP contribution in [0.15, 0.2) is 109 Å². The van der Waals surface area contributed by atoms with E-state index in [1.54, 1.807) is 0 Å². The number of likely N-dealkylation sites (N-methyl/N-ethyl adjacent to an activating group) is 1. The third-order valence-electron chi connectivity index (χ3n) is 14.5. The van der Waals surface area contributed by atoms with Gasteiger partial charge in [-0.1, -0.05) is 297 Å². The van der Waals surface area contributed by atoms with Gasteiger partial charge in [-0.2, -0.15) is 0 Å². The summed E-state index contributed by atoms with van der Waals surface area (Å²) in [6.45, 7) is 4.66. The number of ether oxygens (including phenoxy) is 4. The molecule has 9 nitrogen and oxygen atoms in total. The number of hydrogen-bond donors (Lipinski definition) is 0. The Morgan fingerprint density at radius 1 is 0.373 bits per heavy atom. The number of carbonyl (C=O) groups excluding carboxylic acids is 3. The van der Waals surface area contributed by atoms with E-state index in [4.69, 9.17) is 18.9 Å². The minimum atomic E-state index is -1.62. The monoisotopic (exact) mass is 1160 g/mol. The molecule has 0 heterocycles. The maximum absolute atomic E-state index is 12.9. The van der Waals surface area contributed by atoms with E-state index in [0.29, 0.717) is 23.9 Å². The van der Waals surface area contributed by atoms with Gasteiger partial charge in [-0.25, -0.2) is 0 Å². The lowest BCUT2D eigenvalue weighted by molar-refractivity contribution is -0.870. The fourth-order valence-corrected chi connectivity index (χ4v) is 9.35. The number of carboxylic acid groups (broad SMARTS) is 1. The number of rotatable bonds is 62. The third kappa shape index (κ3) is 65.3. The predicted molar refractivity (Wildman–Crippen MR) is 352 cm³/mol. The van der Waals surface area contributed by atoms with Crippen LogP contribution in [0, 0.1) is 0 Å². The molecule has 0 spiro atoms. The molecule has 0 rings (SSSR count). The number of quaternary nitrogens is 1. The van der Waals surface area contributed by atoms with Crippen LogP contribution >= 0.6 is 0 Å². The van der Waals surface area contributed by atoms with Crippen molar-refractivity contribution < 1.29 is 42.9 Å². The summed E-state index contributed by atoms with van der Waals surface area (Å²) in [5, 5.41) is 11.8. The second-order valence-electron chi connectivity index (χ2n) is 23.7. The second-order valence-corrected chi connectivity index (χ2v) is 23.7. The van der Waals surface area contributed by atoms with E-state index in [2.05, 4.69) is 123 Å². The van der Waals surface area contributed by atoms with Crippen molar-refractivity contribution in [1.29, 1.82) is 0 Å². The van der Waals surface area contributed by atoms with Crippen molar-refractivity contribution in [3.05, 3.63) is 109 Å². The molecule has 0 aliphatic rings. The first-order valence-electron chi connectivity index (χ1n) is 34.0. The van der Waals surface area contributed by atoms with Crippen LogP contribution in [-0.4, -0.2) is 82.3 Å². The van der Waals surface area contributed by atoms with Crippen molar-refractivity contribution in [2.24, 2.45) is 0 Å². The summed E-state index contributed by atoms with van der Waals surface area (Å²) in [6.07, 6.45) is 85.9. The van der Waals surface area contributed by atoms with Crippen molar-refractivity contribution in [2.75, 3.05) is 47.5 Å². The van der Waals surface area contributed by atoms with E-state index in [0.717, 1.165) is 96.3 Å². The molecule has 0 aliphatic heterocycles. The fourth-order valence-electron chi connectivity index (χ4n) is 9.35.